The van der Waals surface area contributed by atoms with Crippen molar-refractivity contribution < 1.29 is 13.9 Å². The Morgan fingerprint density at radius 3 is 2.90 bits per heavy atom. The maximum absolute atomic E-state index is 13.9. The van der Waals surface area contributed by atoms with Crippen LogP contribution in [0.5, 0.6) is 0 Å². The summed E-state index contributed by atoms with van der Waals surface area (Å²) in [5, 5.41) is 11.3. The van der Waals surface area contributed by atoms with Gasteiger partial charge in [0, 0.05) is 25.9 Å². The second-order valence-electron chi connectivity index (χ2n) is 4.42. The molecule has 0 atom stereocenters. The Morgan fingerprint density at radius 1 is 1.29 bits per heavy atom. The van der Waals surface area contributed by atoms with Crippen LogP contribution in [-0.4, -0.2) is 47.1 Å². The standard InChI is InChI=1S/C13H18FN5O2/c1-20-7-8-21-6-2-5-19-13(16-17-18-19)11-4-3-10(15)9-12(11)14/h3-4,9H,2,5-8,15H2,1H3. The van der Waals surface area contributed by atoms with E-state index in [0.29, 0.717) is 43.4 Å². The summed E-state index contributed by atoms with van der Waals surface area (Å²) in [5.74, 6) is -0.0632. The van der Waals surface area contributed by atoms with Crippen LogP contribution >= 0.6 is 0 Å². The molecule has 0 radical (unpaired) electrons. The molecule has 0 aliphatic rings. The number of methoxy groups -OCH3 is 1. The summed E-state index contributed by atoms with van der Waals surface area (Å²) in [6.45, 7) is 2.21. The third kappa shape index (κ3) is 4.20. The van der Waals surface area contributed by atoms with E-state index in [9.17, 15) is 4.39 Å². The van der Waals surface area contributed by atoms with Crippen molar-refractivity contribution in [2.45, 2.75) is 13.0 Å². The van der Waals surface area contributed by atoms with Gasteiger partial charge in [-0.2, -0.15) is 0 Å². The van der Waals surface area contributed by atoms with Gasteiger partial charge in [0.15, 0.2) is 5.82 Å². The van der Waals surface area contributed by atoms with Crippen LogP contribution < -0.4 is 5.73 Å². The quantitative estimate of drug-likeness (QED) is 0.580. The molecule has 8 heteroatoms. The van der Waals surface area contributed by atoms with Gasteiger partial charge in [-0.15, -0.1) is 5.10 Å². The summed E-state index contributed by atoms with van der Waals surface area (Å²) in [5.41, 5.74) is 6.22. The van der Waals surface area contributed by atoms with Gasteiger partial charge in [-0.1, -0.05) is 0 Å². The van der Waals surface area contributed by atoms with E-state index < -0.39 is 5.82 Å². The van der Waals surface area contributed by atoms with E-state index in [-0.39, 0.29) is 0 Å². The highest BCUT2D eigenvalue weighted by Crippen LogP contribution is 2.21. The summed E-state index contributed by atoms with van der Waals surface area (Å²) < 4.78 is 25.7. The average molecular weight is 295 g/mol. The molecule has 0 amide bonds. The SMILES string of the molecule is COCCOCCCn1nnnc1-c1ccc(N)cc1F. The molecule has 2 N–H and O–H groups in total. The molecule has 0 bridgehead atoms. The lowest BCUT2D eigenvalue weighted by molar-refractivity contribution is 0.0677. The summed E-state index contributed by atoms with van der Waals surface area (Å²) >= 11 is 0. The lowest BCUT2D eigenvalue weighted by Crippen LogP contribution is -2.09. The predicted octanol–water partition coefficient (Wildman–Crippen LogP) is 1.11. The molecule has 7 nitrogen and oxygen atoms in total. The number of anilines is 1. The van der Waals surface area contributed by atoms with Crippen molar-refractivity contribution in [1.82, 2.24) is 20.2 Å². The third-order valence-electron chi connectivity index (χ3n) is 2.86. The van der Waals surface area contributed by atoms with Crippen LogP contribution in [0.2, 0.25) is 0 Å². The van der Waals surface area contributed by atoms with Gasteiger partial charge in [0.05, 0.1) is 18.8 Å². The highest BCUT2D eigenvalue weighted by atomic mass is 19.1. The normalized spacial score (nSPS) is 11.0. The van der Waals surface area contributed by atoms with Crippen LogP contribution in [0.1, 0.15) is 6.42 Å². The molecular weight excluding hydrogens is 277 g/mol. The molecule has 1 aromatic carbocycles. The van der Waals surface area contributed by atoms with Crippen molar-refractivity contribution in [2.24, 2.45) is 0 Å². The van der Waals surface area contributed by atoms with Gasteiger partial charge < -0.3 is 15.2 Å². The van der Waals surface area contributed by atoms with Crippen molar-refractivity contribution in [2.75, 3.05) is 32.7 Å². The van der Waals surface area contributed by atoms with Crippen molar-refractivity contribution in [3.05, 3.63) is 24.0 Å². The van der Waals surface area contributed by atoms with Crippen molar-refractivity contribution in [3.8, 4) is 11.4 Å². The highest BCUT2D eigenvalue weighted by molar-refractivity contribution is 5.59. The molecule has 114 valence electrons. The number of aromatic nitrogens is 4. The van der Waals surface area contributed by atoms with Crippen LogP contribution in [0.15, 0.2) is 18.2 Å². The molecule has 1 aromatic heterocycles. The van der Waals surface area contributed by atoms with Gasteiger partial charge in [-0.05, 0) is 35.0 Å². The van der Waals surface area contributed by atoms with Crippen molar-refractivity contribution >= 4 is 5.69 Å². The lowest BCUT2D eigenvalue weighted by Gasteiger charge is -2.07. The molecule has 0 spiro atoms. The van der Waals surface area contributed by atoms with E-state index in [0.717, 1.165) is 6.42 Å². The van der Waals surface area contributed by atoms with Crippen LogP contribution in [0, 0.1) is 5.82 Å². The topological polar surface area (TPSA) is 88.1 Å². The molecule has 0 aliphatic carbocycles. The molecular formula is C13H18FN5O2. The summed E-state index contributed by atoms with van der Waals surface area (Å²) in [7, 11) is 1.62. The summed E-state index contributed by atoms with van der Waals surface area (Å²) in [4.78, 5) is 0. The number of nitrogens with zero attached hydrogens (tertiary/aromatic N) is 4. The first kappa shape index (κ1) is 15.3. The Labute approximate surface area is 121 Å². The molecule has 0 saturated carbocycles. The number of rotatable bonds is 8. The smallest absolute Gasteiger partial charge is 0.184 e. The molecule has 0 aliphatic heterocycles. The third-order valence-corrected chi connectivity index (χ3v) is 2.86. The first-order valence-corrected chi connectivity index (χ1v) is 6.60. The van der Waals surface area contributed by atoms with Crippen molar-refractivity contribution in [3.63, 3.8) is 0 Å². The molecule has 0 fully saturated rings. The van der Waals surface area contributed by atoms with E-state index in [4.69, 9.17) is 15.2 Å². The second kappa shape index (κ2) is 7.65. The first-order valence-electron chi connectivity index (χ1n) is 6.60. The number of tetrazole rings is 1. The number of nitrogen functional groups attached to an aromatic ring is 1. The maximum Gasteiger partial charge on any atom is 0.184 e. The van der Waals surface area contributed by atoms with Crippen LogP contribution in [-0.2, 0) is 16.0 Å². The van der Waals surface area contributed by atoms with E-state index >= 15 is 0 Å². The lowest BCUT2D eigenvalue weighted by atomic mass is 10.2. The highest BCUT2D eigenvalue weighted by Gasteiger charge is 2.13. The predicted molar refractivity (Wildman–Crippen MR) is 74.9 cm³/mol. The van der Waals surface area contributed by atoms with Gasteiger partial charge in [-0.25, -0.2) is 9.07 Å². The summed E-state index contributed by atoms with van der Waals surface area (Å²) in [6, 6.07) is 4.44. The van der Waals surface area contributed by atoms with Gasteiger partial charge in [0.2, 0.25) is 0 Å². The zero-order valence-electron chi connectivity index (χ0n) is 11.8. The minimum Gasteiger partial charge on any atom is -0.399 e. The van der Waals surface area contributed by atoms with Gasteiger partial charge in [0.1, 0.15) is 5.82 Å². The fourth-order valence-electron chi connectivity index (χ4n) is 1.82. The monoisotopic (exact) mass is 295 g/mol. The van der Waals surface area contributed by atoms with Gasteiger partial charge >= 0.3 is 0 Å². The Kier molecular flexibility index (Phi) is 5.59. The van der Waals surface area contributed by atoms with Crippen LogP contribution in [0.4, 0.5) is 10.1 Å². The van der Waals surface area contributed by atoms with Gasteiger partial charge in [0.25, 0.3) is 0 Å². The number of hydrogen-bond donors (Lipinski definition) is 1. The van der Waals surface area contributed by atoms with E-state index in [1.807, 2.05) is 0 Å². The van der Waals surface area contributed by atoms with Crippen LogP contribution in [0.3, 0.4) is 0 Å². The average Bonchev–Trinajstić information content (AvgIpc) is 2.91. The number of benzene rings is 1. The Balaban J connectivity index is 1.95. The van der Waals surface area contributed by atoms with E-state index in [1.54, 1.807) is 23.9 Å². The molecule has 2 aromatic rings. The first-order chi connectivity index (χ1) is 10.2. The molecule has 21 heavy (non-hydrogen) atoms. The molecule has 1 heterocycles. The number of hydrogen-bond acceptors (Lipinski definition) is 6. The Bertz CT molecular complexity index is 575. The zero-order chi connectivity index (χ0) is 15.1. The maximum atomic E-state index is 13.9. The minimum absolute atomic E-state index is 0.328. The van der Waals surface area contributed by atoms with E-state index in [1.165, 1.54) is 6.07 Å². The fraction of sp³-hybridized carbons (Fsp3) is 0.462. The van der Waals surface area contributed by atoms with E-state index in [2.05, 4.69) is 15.5 Å². The van der Waals surface area contributed by atoms with Gasteiger partial charge in [-0.3, -0.25) is 0 Å². The molecule has 0 unspecified atom stereocenters. The zero-order valence-corrected chi connectivity index (χ0v) is 11.8. The Morgan fingerprint density at radius 2 is 2.14 bits per heavy atom. The van der Waals surface area contributed by atoms with Crippen molar-refractivity contribution in [1.29, 1.82) is 0 Å². The molecule has 2 rings (SSSR count). The Hall–Kier alpha value is -2.06. The fourth-order valence-corrected chi connectivity index (χ4v) is 1.82. The summed E-state index contributed by atoms with van der Waals surface area (Å²) in [6.07, 6.45) is 0.721. The minimum atomic E-state index is -0.442. The second-order valence-corrected chi connectivity index (χ2v) is 4.42. The number of nitrogens with two attached hydrogens (primary N) is 1. The molecule has 0 saturated heterocycles. The largest absolute Gasteiger partial charge is 0.399 e. The number of aryl methyl sites for hydroxylation is 1. The number of halogens is 1. The number of ether oxygens (including phenoxy) is 2. The van der Waals surface area contributed by atoms with Crippen LogP contribution in [0.25, 0.3) is 11.4 Å².